The number of piperidine rings is 1. The number of likely N-dealkylation sites (tertiary alicyclic amines) is 1. The molecule has 1 aliphatic rings. The molecule has 6 nitrogen and oxygen atoms in total. The summed E-state index contributed by atoms with van der Waals surface area (Å²) in [6.45, 7) is 6.79. The summed E-state index contributed by atoms with van der Waals surface area (Å²) in [6, 6.07) is 2.09. The van der Waals surface area contributed by atoms with Crippen molar-refractivity contribution in [1.82, 2.24) is 14.9 Å². The molecule has 0 spiro atoms. The van der Waals surface area contributed by atoms with Crippen molar-refractivity contribution in [2.75, 3.05) is 13.1 Å². The summed E-state index contributed by atoms with van der Waals surface area (Å²) in [5.41, 5.74) is -0.479. The van der Waals surface area contributed by atoms with Gasteiger partial charge in [-0.3, -0.25) is 0 Å². The first kappa shape index (κ1) is 14.6. The van der Waals surface area contributed by atoms with Gasteiger partial charge in [0, 0.05) is 18.9 Å². The predicted octanol–water partition coefficient (Wildman–Crippen LogP) is 2.25. The molecule has 1 fully saturated rings. The number of carbonyl (C=O) groups excluding carboxylic acids is 1. The standard InChI is InChI=1S/C14H21N3O3/c1-14(2,3)20-13(18)17-9-4-6-11(10-17)19-12-15-7-5-8-16-12/h5,7-8,11H,4,6,9-10H2,1-3H3/t11-/m1/s1. The fourth-order valence-electron chi connectivity index (χ4n) is 2.02. The second-order valence-electron chi connectivity index (χ2n) is 5.84. The van der Waals surface area contributed by atoms with Crippen molar-refractivity contribution in [3.63, 3.8) is 0 Å². The van der Waals surface area contributed by atoms with E-state index < -0.39 is 5.60 Å². The first-order valence-corrected chi connectivity index (χ1v) is 6.86. The van der Waals surface area contributed by atoms with E-state index in [0.29, 0.717) is 19.1 Å². The van der Waals surface area contributed by atoms with Crippen LogP contribution in [0, 0.1) is 0 Å². The summed E-state index contributed by atoms with van der Waals surface area (Å²) < 4.78 is 11.1. The molecule has 1 amide bonds. The van der Waals surface area contributed by atoms with Gasteiger partial charge in [0.1, 0.15) is 11.7 Å². The van der Waals surface area contributed by atoms with E-state index in [1.54, 1.807) is 23.4 Å². The van der Waals surface area contributed by atoms with Crippen molar-refractivity contribution in [3.05, 3.63) is 18.5 Å². The van der Waals surface area contributed by atoms with Gasteiger partial charge in [-0.05, 0) is 39.7 Å². The van der Waals surface area contributed by atoms with Crippen LogP contribution in [0.2, 0.25) is 0 Å². The second-order valence-corrected chi connectivity index (χ2v) is 5.84. The average Bonchev–Trinajstić information content (AvgIpc) is 2.38. The van der Waals surface area contributed by atoms with Crippen LogP contribution in [0.15, 0.2) is 18.5 Å². The zero-order valence-corrected chi connectivity index (χ0v) is 12.2. The molecule has 110 valence electrons. The molecule has 0 aromatic carbocycles. The fraction of sp³-hybridized carbons (Fsp3) is 0.643. The smallest absolute Gasteiger partial charge is 0.410 e. The zero-order valence-electron chi connectivity index (χ0n) is 12.2. The highest BCUT2D eigenvalue weighted by Gasteiger charge is 2.28. The number of carbonyl (C=O) groups is 1. The molecule has 0 bridgehead atoms. The molecule has 2 heterocycles. The Morgan fingerprint density at radius 2 is 2.05 bits per heavy atom. The zero-order chi connectivity index (χ0) is 14.6. The lowest BCUT2D eigenvalue weighted by Crippen LogP contribution is -2.46. The molecule has 0 N–H and O–H groups in total. The quantitative estimate of drug-likeness (QED) is 0.830. The number of hydrogen-bond donors (Lipinski definition) is 0. The molecule has 0 aliphatic carbocycles. The van der Waals surface area contributed by atoms with Gasteiger partial charge in [0.15, 0.2) is 0 Å². The molecule has 20 heavy (non-hydrogen) atoms. The Hall–Kier alpha value is -1.85. The Bertz CT molecular complexity index is 445. The van der Waals surface area contributed by atoms with E-state index in [-0.39, 0.29) is 12.2 Å². The summed E-state index contributed by atoms with van der Waals surface area (Å²) >= 11 is 0. The highest BCUT2D eigenvalue weighted by atomic mass is 16.6. The van der Waals surface area contributed by atoms with Crippen LogP contribution in [0.3, 0.4) is 0 Å². The van der Waals surface area contributed by atoms with Crippen LogP contribution in [0.4, 0.5) is 4.79 Å². The van der Waals surface area contributed by atoms with E-state index in [1.807, 2.05) is 20.8 Å². The Balaban J connectivity index is 1.90. The summed E-state index contributed by atoms with van der Waals surface area (Å²) in [7, 11) is 0. The van der Waals surface area contributed by atoms with E-state index in [4.69, 9.17) is 9.47 Å². The summed E-state index contributed by atoms with van der Waals surface area (Å²) in [5, 5.41) is 0. The summed E-state index contributed by atoms with van der Waals surface area (Å²) in [6.07, 6.45) is 4.67. The van der Waals surface area contributed by atoms with Gasteiger partial charge in [-0.15, -0.1) is 0 Å². The highest BCUT2D eigenvalue weighted by molar-refractivity contribution is 5.68. The Morgan fingerprint density at radius 1 is 1.35 bits per heavy atom. The van der Waals surface area contributed by atoms with Gasteiger partial charge in [0.05, 0.1) is 6.54 Å². The van der Waals surface area contributed by atoms with Gasteiger partial charge in [0.25, 0.3) is 0 Å². The molecule has 1 aliphatic heterocycles. The molecule has 1 aromatic heterocycles. The predicted molar refractivity (Wildman–Crippen MR) is 73.5 cm³/mol. The van der Waals surface area contributed by atoms with Crippen LogP contribution in [0.1, 0.15) is 33.6 Å². The van der Waals surface area contributed by atoms with Crippen molar-refractivity contribution in [2.24, 2.45) is 0 Å². The number of nitrogens with zero attached hydrogens (tertiary/aromatic N) is 3. The second kappa shape index (κ2) is 6.07. The number of hydrogen-bond acceptors (Lipinski definition) is 5. The van der Waals surface area contributed by atoms with E-state index in [9.17, 15) is 4.79 Å². The molecule has 2 rings (SSSR count). The van der Waals surface area contributed by atoms with Crippen molar-refractivity contribution >= 4 is 6.09 Å². The maximum Gasteiger partial charge on any atom is 0.410 e. The highest BCUT2D eigenvalue weighted by Crippen LogP contribution is 2.18. The minimum Gasteiger partial charge on any atom is -0.458 e. The van der Waals surface area contributed by atoms with E-state index in [2.05, 4.69) is 9.97 Å². The van der Waals surface area contributed by atoms with Gasteiger partial charge in [-0.2, -0.15) is 0 Å². The lowest BCUT2D eigenvalue weighted by atomic mass is 10.1. The van der Waals surface area contributed by atoms with Gasteiger partial charge in [-0.25, -0.2) is 14.8 Å². The minimum absolute atomic E-state index is 0.0846. The molecule has 0 saturated carbocycles. The normalized spacial score (nSPS) is 19.6. The molecular weight excluding hydrogens is 258 g/mol. The molecule has 1 atom stereocenters. The van der Waals surface area contributed by atoms with Gasteiger partial charge in [-0.1, -0.05) is 0 Å². The van der Waals surface area contributed by atoms with Crippen LogP contribution in [0.5, 0.6) is 6.01 Å². The third kappa shape index (κ3) is 4.36. The first-order chi connectivity index (χ1) is 9.44. The lowest BCUT2D eigenvalue weighted by Gasteiger charge is -2.33. The van der Waals surface area contributed by atoms with Gasteiger partial charge < -0.3 is 14.4 Å². The van der Waals surface area contributed by atoms with Crippen molar-refractivity contribution in [3.8, 4) is 6.01 Å². The van der Waals surface area contributed by atoms with Crippen LogP contribution >= 0.6 is 0 Å². The fourth-order valence-corrected chi connectivity index (χ4v) is 2.02. The Kier molecular flexibility index (Phi) is 4.42. The van der Waals surface area contributed by atoms with Crippen LogP contribution in [0.25, 0.3) is 0 Å². The average molecular weight is 279 g/mol. The molecule has 0 unspecified atom stereocenters. The molecule has 0 radical (unpaired) electrons. The summed E-state index contributed by atoms with van der Waals surface area (Å²) in [5.74, 6) is 0. The van der Waals surface area contributed by atoms with Crippen molar-refractivity contribution in [2.45, 2.75) is 45.3 Å². The Morgan fingerprint density at radius 3 is 2.70 bits per heavy atom. The lowest BCUT2D eigenvalue weighted by molar-refractivity contribution is 0.00660. The minimum atomic E-state index is -0.479. The number of amides is 1. The first-order valence-electron chi connectivity index (χ1n) is 6.86. The van der Waals surface area contributed by atoms with Crippen molar-refractivity contribution < 1.29 is 14.3 Å². The van der Waals surface area contributed by atoms with Gasteiger partial charge in [0.2, 0.25) is 0 Å². The maximum atomic E-state index is 12.0. The third-order valence-corrected chi connectivity index (χ3v) is 2.84. The molecule has 1 saturated heterocycles. The molecule has 1 aromatic rings. The molecule has 6 heteroatoms. The van der Waals surface area contributed by atoms with E-state index in [1.165, 1.54) is 0 Å². The maximum absolute atomic E-state index is 12.0. The van der Waals surface area contributed by atoms with E-state index in [0.717, 1.165) is 12.8 Å². The SMILES string of the molecule is CC(C)(C)OC(=O)N1CCC[C@@H](Oc2ncccn2)C1. The van der Waals surface area contributed by atoms with Crippen LogP contribution < -0.4 is 4.74 Å². The Labute approximate surface area is 119 Å². The number of aromatic nitrogens is 2. The van der Waals surface area contributed by atoms with Crippen LogP contribution in [-0.2, 0) is 4.74 Å². The largest absolute Gasteiger partial charge is 0.458 e. The number of rotatable bonds is 2. The molecular formula is C14H21N3O3. The topological polar surface area (TPSA) is 64.5 Å². The number of ether oxygens (including phenoxy) is 2. The van der Waals surface area contributed by atoms with E-state index >= 15 is 0 Å². The monoisotopic (exact) mass is 279 g/mol. The van der Waals surface area contributed by atoms with Gasteiger partial charge >= 0.3 is 12.1 Å². The third-order valence-electron chi connectivity index (χ3n) is 2.84. The van der Waals surface area contributed by atoms with Crippen LogP contribution in [-0.4, -0.2) is 45.8 Å². The van der Waals surface area contributed by atoms with Crippen molar-refractivity contribution in [1.29, 1.82) is 0 Å². The summed E-state index contributed by atoms with van der Waals surface area (Å²) in [4.78, 5) is 21.8.